The van der Waals surface area contributed by atoms with Gasteiger partial charge in [0.25, 0.3) is 0 Å². The molecule has 0 bridgehead atoms. The number of nitrogens with two attached hydrogens (primary N) is 1. The largest absolute Gasteiger partial charge is 0.370 e. The molecule has 2 N–H and O–H groups in total. The molecule has 0 atom stereocenters. The molecule has 1 aromatic carbocycles. The van der Waals surface area contributed by atoms with Crippen LogP contribution >= 0.6 is 24.0 Å². The van der Waals surface area contributed by atoms with Crippen LogP contribution in [0.1, 0.15) is 25.7 Å². The number of imidazole rings is 1. The summed E-state index contributed by atoms with van der Waals surface area (Å²) in [5, 5.41) is 0. The molecule has 1 fully saturated rings. The minimum Gasteiger partial charge on any atom is -0.370 e. The van der Waals surface area contributed by atoms with Crippen LogP contribution in [0.2, 0.25) is 0 Å². The lowest BCUT2D eigenvalue weighted by atomic mass is 10.1. The number of hydrogen-bond donors (Lipinski definition) is 1. The highest BCUT2D eigenvalue weighted by atomic mass is 127. The number of aliphatic imine (C=N–C) groups is 1. The normalized spacial score (nSPS) is 15.8. The van der Waals surface area contributed by atoms with Crippen molar-refractivity contribution in [3.05, 3.63) is 30.6 Å². The fourth-order valence-corrected chi connectivity index (χ4v) is 2.85. The van der Waals surface area contributed by atoms with Crippen LogP contribution in [0.25, 0.3) is 11.0 Å². The van der Waals surface area contributed by atoms with Gasteiger partial charge in [-0.2, -0.15) is 0 Å². The van der Waals surface area contributed by atoms with Crippen molar-refractivity contribution < 1.29 is 0 Å². The Hall–Kier alpha value is -1.31. The van der Waals surface area contributed by atoms with Crippen LogP contribution in [-0.2, 0) is 6.54 Å². The molecule has 1 aliphatic rings. The molecule has 0 saturated carbocycles. The van der Waals surface area contributed by atoms with Crippen LogP contribution in [-0.4, -0.2) is 40.0 Å². The number of benzene rings is 1. The van der Waals surface area contributed by atoms with Gasteiger partial charge >= 0.3 is 0 Å². The van der Waals surface area contributed by atoms with Gasteiger partial charge in [0, 0.05) is 26.2 Å². The summed E-state index contributed by atoms with van der Waals surface area (Å²) in [7, 11) is 0. The minimum absolute atomic E-state index is 0. The second kappa shape index (κ2) is 8.36. The number of fused-ring (bicyclic) bond motifs is 1. The Morgan fingerprint density at radius 3 is 2.77 bits per heavy atom. The van der Waals surface area contributed by atoms with Gasteiger partial charge in [-0.05, 0) is 37.8 Å². The number of aromatic nitrogens is 2. The Balaban J connectivity index is 0.00000176. The third-order valence-corrected chi connectivity index (χ3v) is 4.04. The Morgan fingerprint density at radius 2 is 1.95 bits per heavy atom. The van der Waals surface area contributed by atoms with Crippen LogP contribution in [0.4, 0.5) is 0 Å². The van der Waals surface area contributed by atoms with Gasteiger partial charge in [-0.15, -0.1) is 24.0 Å². The molecule has 0 spiro atoms. The highest BCUT2D eigenvalue weighted by Gasteiger charge is 2.11. The van der Waals surface area contributed by atoms with Gasteiger partial charge in [-0.3, -0.25) is 4.99 Å². The lowest BCUT2D eigenvalue weighted by Gasteiger charge is -2.27. The molecule has 3 rings (SSSR count). The van der Waals surface area contributed by atoms with E-state index in [1.165, 1.54) is 24.8 Å². The van der Waals surface area contributed by atoms with E-state index in [0.29, 0.717) is 5.96 Å². The first-order valence-corrected chi connectivity index (χ1v) is 7.79. The molecule has 1 aliphatic heterocycles. The predicted octanol–water partition coefficient (Wildman–Crippen LogP) is 2.85. The zero-order chi connectivity index (χ0) is 14.5. The zero-order valence-corrected chi connectivity index (χ0v) is 15.1. The summed E-state index contributed by atoms with van der Waals surface area (Å²) in [6, 6.07) is 8.21. The first-order chi connectivity index (χ1) is 10.3. The molecule has 5 nitrogen and oxygen atoms in total. The van der Waals surface area contributed by atoms with Gasteiger partial charge in [-0.25, -0.2) is 4.98 Å². The van der Waals surface area contributed by atoms with E-state index >= 15 is 0 Å². The number of halogens is 1. The van der Waals surface area contributed by atoms with E-state index in [-0.39, 0.29) is 24.0 Å². The van der Waals surface area contributed by atoms with Gasteiger partial charge in [0.2, 0.25) is 0 Å². The maximum Gasteiger partial charge on any atom is 0.191 e. The van der Waals surface area contributed by atoms with E-state index in [4.69, 9.17) is 5.73 Å². The number of nitrogens with zero attached hydrogens (tertiary/aromatic N) is 4. The molecule has 22 heavy (non-hydrogen) atoms. The molecular weight excluding hydrogens is 389 g/mol. The quantitative estimate of drug-likeness (QED) is 0.363. The van der Waals surface area contributed by atoms with Crippen molar-refractivity contribution in [1.29, 1.82) is 0 Å². The smallest absolute Gasteiger partial charge is 0.191 e. The van der Waals surface area contributed by atoms with Crippen molar-refractivity contribution in [2.45, 2.75) is 32.2 Å². The third-order valence-electron chi connectivity index (χ3n) is 4.04. The number of guanidine groups is 1. The third kappa shape index (κ3) is 4.12. The minimum atomic E-state index is 0. The highest BCUT2D eigenvalue weighted by Crippen LogP contribution is 2.12. The van der Waals surface area contributed by atoms with Crippen molar-refractivity contribution in [2.75, 3.05) is 19.6 Å². The lowest BCUT2D eigenvalue weighted by molar-refractivity contribution is 0.338. The maximum atomic E-state index is 6.06. The van der Waals surface area contributed by atoms with Crippen molar-refractivity contribution in [3.63, 3.8) is 0 Å². The number of piperidine rings is 1. The van der Waals surface area contributed by atoms with Crippen LogP contribution in [0.15, 0.2) is 35.6 Å². The SMILES string of the molecule is I.NC(=NCCCn1cnc2ccccc21)N1CCCCC1. The molecule has 6 heteroatoms. The molecule has 0 aliphatic carbocycles. The van der Waals surface area contributed by atoms with Gasteiger partial charge in [0.05, 0.1) is 17.4 Å². The topological polar surface area (TPSA) is 59.4 Å². The summed E-state index contributed by atoms with van der Waals surface area (Å²) in [4.78, 5) is 11.1. The van der Waals surface area contributed by atoms with Crippen molar-refractivity contribution in [2.24, 2.45) is 10.7 Å². The van der Waals surface area contributed by atoms with E-state index in [9.17, 15) is 0 Å². The molecule has 1 saturated heterocycles. The van der Waals surface area contributed by atoms with Crippen LogP contribution < -0.4 is 5.73 Å². The summed E-state index contributed by atoms with van der Waals surface area (Å²) in [5.74, 6) is 0.713. The summed E-state index contributed by atoms with van der Waals surface area (Å²) >= 11 is 0. The Labute approximate surface area is 148 Å². The fourth-order valence-electron chi connectivity index (χ4n) is 2.85. The number of likely N-dealkylation sites (tertiary alicyclic amines) is 1. The van der Waals surface area contributed by atoms with E-state index in [1.54, 1.807) is 0 Å². The molecule has 2 heterocycles. The number of para-hydroxylation sites is 2. The van der Waals surface area contributed by atoms with Gasteiger partial charge in [-0.1, -0.05) is 12.1 Å². The van der Waals surface area contributed by atoms with Crippen molar-refractivity contribution in [3.8, 4) is 0 Å². The average molecular weight is 413 g/mol. The van der Waals surface area contributed by atoms with Crippen LogP contribution in [0.5, 0.6) is 0 Å². The fraction of sp³-hybridized carbons (Fsp3) is 0.500. The van der Waals surface area contributed by atoms with Crippen LogP contribution in [0.3, 0.4) is 0 Å². The first kappa shape index (κ1) is 17.1. The summed E-state index contributed by atoms with van der Waals surface area (Å²) in [6.45, 7) is 3.81. The number of hydrogen-bond acceptors (Lipinski definition) is 2. The van der Waals surface area contributed by atoms with Crippen LogP contribution in [0, 0.1) is 0 Å². The molecule has 0 amide bonds. The molecular formula is C16H24IN5. The highest BCUT2D eigenvalue weighted by molar-refractivity contribution is 14.0. The molecule has 0 unspecified atom stereocenters. The molecule has 2 aromatic rings. The Morgan fingerprint density at radius 1 is 1.18 bits per heavy atom. The predicted molar refractivity (Wildman–Crippen MR) is 102 cm³/mol. The Kier molecular flexibility index (Phi) is 6.48. The summed E-state index contributed by atoms with van der Waals surface area (Å²) in [5.41, 5.74) is 8.29. The van der Waals surface area contributed by atoms with Gasteiger partial charge < -0.3 is 15.2 Å². The first-order valence-electron chi connectivity index (χ1n) is 7.79. The van der Waals surface area contributed by atoms with Crippen molar-refractivity contribution in [1.82, 2.24) is 14.5 Å². The average Bonchev–Trinajstić information content (AvgIpc) is 2.95. The standard InChI is InChI=1S/C16H23N5.HI/c17-16(20-10-4-1-5-11-20)18-9-6-12-21-13-19-14-7-2-3-8-15(14)21;/h2-3,7-8,13H,1,4-6,9-12H2,(H2,17,18);1H. The van der Waals surface area contributed by atoms with E-state index in [2.05, 4.69) is 25.5 Å². The monoisotopic (exact) mass is 413 g/mol. The van der Waals surface area contributed by atoms with Gasteiger partial charge in [0.1, 0.15) is 0 Å². The molecule has 120 valence electrons. The summed E-state index contributed by atoms with van der Waals surface area (Å²) in [6.07, 6.45) is 6.67. The second-order valence-corrected chi connectivity index (χ2v) is 5.57. The molecule has 0 radical (unpaired) electrons. The Bertz CT molecular complexity index is 616. The number of rotatable bonds is 4. The number of aryl methyl sites for hydroxylation is 1. The maximum absolute atomic E-state index is 6.06. The van der Waals surface area contributed by atoms with E-state index in [1.807, 2.05) is 24.5 Å². The zero-order valence-electron chi connectivity index (χ0n) is 12.8. The summed E-state index contributed by atoms with van der Waals surface area (Å²) < 4.78 is 2.18. The van der Waals surface area contributed by atoms with E-state index < -0.39 is 0 Å². The second-order valence-electron chi connectivity index (χ2n) is 5.57. The van der Waals surface area contributed by atoms with Gasteiger partial charge in [0.15, 0.2) is 5.96 Å². The van der Waals surface area contributed by atoms with Crippen molar-refractivity contribution >= 4 is 41.0 Å². The lowest BCUT2D eigenvalue weighted by Crippen LogP contribution is -2.40. The van der Waals surface area contributed by atoms with E-state index in [0.717, 1.165) is 38.1 Å². The molecule has 1 aromatic heterocycles.